The van der Waals surface area contributed by atoms with Crippen molar-refractivity contribution in [3.63, 3.8) is 0 Å². The topological polar surface area (TPSA) is 112 Å². The van der Waals surface area contributed by atoms with Gasteiger partial charge in [-0.2, -0.15) is 0 Å². The highest BCUT2D eigenvalue weighted by atomic mass is 16.1. The molecule has 0 unspecified atom stereocenters. The summed E-state index contributed by atoms with van der Waals surface area (Å²) >= 11 is 0. The number of anilines is 3. The molecular weight excluding hydrogens is 506 g/mol. The third-order valence-electron chi connectivity index (χ3n) is 5.56. The molecule has 5 aromatic rings. The molecule has 0 atom stereocenters. The summed E-state index contributed by atoms with van der Waals surface area (Å²) in [5.74, 6) is -0.309. The first-order chi connectivity index (χ1) is 20.0. The molecule has 6 rings (SSSR count). The summed E-state index contributed by atoms with van der Waals surface area (Å²) in [6.07, 6.45) is 0. The van der Waals surface area contributed by atoms with Crippen LogP contribution in [-0.2, 0) is 0 Å². The Labute approximate surface area is 245 Å². The van der Waals surface area contributed by atoms with Gasteiger partial charge in [-0.05, 0) is 41.1 Å². The summed E-state index contributed by atoms with van der Waals surface area (Å²) in [4.78, 5) is 24.4. The Hall–Kier alpha value is -4.90. The van der Waals surface area contributed by atoms with E-state index in [-0.39, 0.29) is 11.6 Å². The van der Waals surface area contributed by atoms with Crippen LogP contribution in [0.1, 0.15) is 73.4 Å². The molecule has 1 aliphatic rings. The normalized spacial score (nSPS) is 10.1. The maximum atomic E-state index is 12.2. The molecule has 6 N–H and O–H groups in total. The molecule has 0 bridgehead atoms. The van der Waals surface area contributed by atoms with E-state index in [9.17, 15) is 9.59 Å². The van der Waals surface area contributed by atoms with Gasteiger partial charge in [0.25, 0.3) is 0 Å². The second-order valence-electron chi connectivity index (χ2n) is 7.99. The fourth-order valence-corrected chi connectivity index (χ4v) is 3.83. The van der Waals surface area contributed by atoms with Crippen LogP contribution in [0.3, 0.4) is 0 Å². The van der Waals surface area contributed by atoms with E-state index in [4.69, 9.17) is 17.2 Å². The molecule has 5 nitrogen and oxygen atoms in total. The van der Waals surface area contributed by atoms with Gasteiger partial charge in [-0.1, -0.05) is 126 Å². The van der Waals surface area contributed by atoms with E-state index in [1.807, 2.05) is 102 Å². The standard InChI is InChI=1S/C14H9NO2.C10H9N.C6H7N.3C2H6/c15-11-7-3-6-10-12(11)14(17)9-5-2-1-4-8(9)13(10)16;11-10-6-5-8-3-1-2-4-9(8)7-10;7-6-4-2-1-3-5-6;3*1-2/h1-7H,15H2;1-7H,11H2;1-5H,7H2;3*1-2H3. The lowest BCUT2D eigenvalue weighted by Gasteiger charge is -2.18. The zero-order valence-corrected chi connectivity index (χ0v) is 25.0. The lowest BCUT2D eigenvalue weighted by molar-refractivity contribution is 0.0979. The molecule has 1 aliphatic carbocycles. The van der Waals surface area contributed by atoms with Crippen LogP contribution < -0.4 is 17.2 Å². The van der Waals surface area contributed by atoms with Crippen molar-refractivity contribution in [3.05, 3.63) is 138 Å². The SMILES string of the molecule is CC.CC.CC.Nc1ccc2ccccc2c1.Nc1cccc2c1C(=O)c1ccccc1C2=O.Nc1ccccc1. The second-order valence-corrected chi connectivity index (χ2v) is 7.99. The highest BCUT2D eigenvalue weighted by molar-refractivity contribution is 6.30. The number of ketones is 2. The highest BCUT2D eigenvalue weighted by Gasteiger charge is 2.30. The molecular formula is C36H43N3O2. The van der Waals surface area contributed by atoms with Crippen molar-refractivity contribution in [3.8, 4) is 0 Å². The van der Waals surface area contributed by atoms with E-state index in [1.165, 1.54) is 10.8 Å². The van der Waals surface area contributed by atoms with E-state index in [2.05, 4.69) is 12.1 Å². The minimum atomic E-state index is -0.173. The molecule has 0 radical (unpaired) electrons. The first-order valence-electron chi connectivity index (χ1n) is 14.1. The van der Waals surface area contributed by atoms with Crippen LogP contribution in [0, 0.1) is 0 Å². The average molecular weight is 550 g/mol. The monoisotopic (exact) mass is 549 g/mol. The second kappa shape index (κ2) is 18.4. The van der Waals surface area contributed by atoms with E-state index < -0.39 is 0 Å². The lowest BCUT2D eigenvalue weighted by Crippen LogP contribution is -2.22. The quantitative estimate of drug-likeness (QED) is 0.164. The van der Waals surface area contributed by atoms with Gasteiger partial charge in [0.1, 0.15) is 0 Å². The maximum absolute atomic E-state index is 12.2. The Morgan fingerprint density at radius 2 is 0.902 bits per heavy atom. The Morgan fingerprint density at radius 1 is 0.415 bits per heavy atom. The Balaban J connectivity index is 0.000000302. The van der Waals surface area contributed by atoms with Crippen LogP contribution >= 0.6 is 0 Å². The smallest absolute Gasteiger partial charge is 0.196 e. The Bertz CT molecular complexity index is 1510. The van der Waals surface area contributed by atoms with Crippen molar-refractivity contribution in [1.82, 2.24) is 0 Å². The molecule has 5 aromatic carbocycles. The van der Waals surface area contributed by atoms with Crippen molar-refractivity contribution in [2.75, 3.05) is 17.2 Å². The van der Waals surface area contributed by atoms with E-state index in [1.54, 1.807) is 42.5 Å². The first-order valence-corrected chi connectivity index (χ1v) is 14.1. The first kappa shape index (κ1) is 34.1. The van der Waals surface area contributed by atoms with Crippen LogP contribution in [0.5, 0.6) is 0 Å². The number of carbonyl (C=O) groups excluding carboxylic acids is 2. The summed E-state index contributed by atoms with van der Waals surface area (Å²) in [7, 11) is 0. The third-order valence-corrected chi connectivity index (χ3v) is 5.56. The maximum Gasteiger partial charge on any atom is 0.196 e. The molecule has 214 valence electrons. The zero-order valence-electron chi connectivity index (χ0n) is 25.0. The molecule has 0 spiro atoms. The summed E-state index contributed by atoms with van der Waals surface area (Å²) in [6, 6.07) is 35.4. The van der Waals surface area contributed by atoms with Gasteiger partial charge >= 0.3 is 0 Å². The zero-order chi connectivity index (χ0) is 30.8. The van der Waals surface area contributed by atoms with Gasteiger partial charge in [0.2, 0.25) is 0 Å². The van der Waals surface area contributed by atoms with Crippen LogP contribution in [-0.4, -0.2) is 11.6 Å². The summed E-state index contributed by atoms with van der Waals surface area (Å²) < 4.78 is 0. The predicted molar refractivity (Wildman–Crippen MR) is 177 cm³/mol. The van der Waals surface area contributed by atoms with E-state index in [0.717, 1.165) is 11.4 Å². The summed E-state index contributed by atoms with van der Waals surface area (Å²) in [6.45, 7) is 12.0. The van der Waals surface area contributed by atoms with Crippen molar-refractivity contribution in [2.45, 2.75) is 41.5 Å². The largest absolute Gasteiger partial charge is 0.399 e. The average Bonchev–Trinajstić information content (AvgIpc) is 3.04. The molecule has 41 heavy (non-hydrogen) atoms. The number of nitrogens with two attached hydrogens (primary N) is 3. The number of carbonyl (C=O) groups is 2. The number of benzene rings is 5. The molecule has 0 aromatic heterocycles. The van der Waals surface area contributed by atoms with Crippen molar-refractivity contribution < 1.29 is 9.59 Å². The van der Waals surface area contributed by atoms with E-state index >= 15 is 0 Å². The molecule has 0 saturated carbocycles. The van der Waals surface area contributed by atoms with Gasteiger partial charge in [0.15, 0.2) is 11.6 Å². The fraction of sp³-hybridized carbons (Fsp3) is 0.167. The number of fused-ring (bicyclic) bond motifs is 3. The van der Waals surface area contributed by atoms with Crippen molar-refractivity contribution >= 4 is 39.4 Å². The predicted octanol–water partition coefficient (Wildman–Crippen LogP) is 8.81. The Morgan fingerprint density at radius 3 is 1.46 bits per heavy atom. The summed E-state index contributed by atoms with van der Waals surface area (Å²) in [5, 5.41) is 2.44. The van der Waals surface area contributed by atoms with Gasteiger partial charge in [0, 0.05) is 33.8 Å². The van der Waals surface area contributed by atoms with Crippen molar-refractivity contribution in [1.29, 1.82) is 0 Å². The van der Waals surface area contributed by atoms with Gasteiger partial charge < -0.3 is 17.2 Å². The van der Waals surface area contributed by atoms with Crippen LogP contribution in [0.15, 0.2) is 115 Å². The number of hydrogen-bond acceptors (Lipinski definition) is 5. The van der Waals surface area contributed by atoms with E-state index in [0.29, 0.717) is 27.9 Å². The van der Waals surface area contributed by atoms with Gasteiger partial charge in [-0.3, -0.25) is 9.59 Å². The molecule has 0 amide bonds. The lowest BCUT2D eigenvalue weighted by atomic mass is 9.83. The minimum absolute atomic E-state index is 0.137. The molecule has 5 heteroatoms. The molecule has 0 fully saturated rings. The number of rotatable bonds is 0. The summed E-state index contributed by atoms with van der Waals surface area (Å²) in [5.41, 5.74) is 20.4. The number of hydrogen-bond donors (Lipinski definition) is 3. The van der Waals surface area contributed by atoms with Crippen LogP contribution in [0.25, 0.3) is 10.8 Å². The van der Waals surface area contributed by atoms with Crippen molar-refractivity contribution in [2.24, 2.45) is 0 Å². The molecule has 0 aliphatic heterocycles. The number of para-hydroxylation sites is 1. The minimum Gasteiger partial charge on any atom is -0.399 e. The molecule has 0 saturated heterocycles. The van der Waals surface area contributed by atoms with Gasteiger partial charge in [-0.25, -0.2) is 0 Å². The fourth-order valence-electron chi connectivity index (χ4n) is 3.83. The van der Waals surface area contributed by atoms with Crippen LogP contribution in [0.2, 0.25) is 0 Å². The van der Waals surface area contributed by atoms with Gasteiger partial charge in [-0.15, -0.1) is 0 Å². The molecule has 0 heterocycles. The van der Waals surface area contributed by atoms with Gasteiger partial charge in [0.05, 0.1) is 5.56 Å². The third kappa shape index (κ3) is 9.36. The highest BCUT2D eigenvalue weighted by Crippen LogP contribution is 2.30. The number of nitrogen functional groups attached to an aromatic ring is 3. The Kier molecular flexibility index (Phi) is 15.3. The van der Waals surface area contributed by atoms with Crippen LogP contribution in [0.4, 0.5) is 17.1 Å².